The van der Waals surface area contributed by atoms with Crippen molar-refractivity contribution in [2.45, 2.75) is 19.2 Å². The Balaban J connectivity index is 2.58. The Labute approximate surface area is 107 Å². The molecule has 0 saturated carbocycles. The number of carbonyl (C=O) groups excluding carboxylic acids is 1. The lowest BCUT2D eigenvalue weighted by atomic mass is 10.2. The molecule has 0 N–H and O–H groups in total. The number of benzene rings is 1. The van der Waals surface area contributed by atoms with E-state index in [2.05, 4.69) is 0 Å². The minimum Gasteiger partial charge on any atom is -0.449 e. The fraction of sp³-hybridized carbons (Fsp3) is 0.417. The predicted octanol–water partition coefficient (Wildman–Crippen LogP) is 2.60. The van der Waals surface area contributed by atoms with Crippen molar-refractivity contribution in [3.63, 3.8) is 0 Å². The molecule has 0 bridgehead atoms. The number of rotatable bonds is 6. The van der Waals surface area contributed by atoms with E-state index in [0.29, 0.717) is 0 Å². The summed E-state index contributed by atoms with van der Waals surface area (Å²) in [5.41, 5.74) is 0.833. The van der Waals surface area contributed by atoms with Gasteiger partial charge in [-0.15, -0.1) is 0 Å². The molecule has 0 aromatic heterocycles. The van der Waals surface area contributed by atoms with Crippen molar-refractivity contribution in [3.05, 3.63) is 35.9 Å². The first kappa shape index (κ1) is 14.9. The topological polar surface area (TPSA) is 61.8 Å². The predicted molar refractivity (Wildman–Crippen MR) is 67.3 cm³/mol. The lowest BCUT2D eigenvalue weighted by Gasteiger charge is -2.20. The molecule has 1 aromatic rings. The van der Waals surface area contributed by atoms with Crippen molar-refractivity contribution >= 4 is 13.6 Å². The third-order valence-electron chi connectivity index (χ3n) is 2.45. The number of carbonyl (C=O) groups is 1. The molecular weight excluding hydrogens is 255 g/mol. The van der Waals surface area contributed by atoms with Crippen LogP contribution in [0.5, 0.6) is 0 Å². The molecule has 100 valence electrons. The molecule has 0 aliphatic rings. The van der Waals surface area contributed by atoms with Crippen LogP contribution < -0.4 is 0 Å². The van der Waals surface area contributed by atoms with E-state index >= 15 is 0 Å². The smallest absolute Gasteiger partial charge is 0.370 e. The van der Waals surface area contributed by atoms with E-state index in [1.165, 1.54) is 21.1 Å². The Hall–Kier alpha value is -1.16. The van der Waals surface area contributed by atoms with E-state index in [0.717, 1.165) is 5.56 Å². The molecule has 0 amide bonds. The van der Waals surface area contributed by atoms with Crippen LogP contribution in [0.25, 0.3) is 0 Å². The average molecular weight is 272 g/mol. The van der Waals surface area contributed by atoms with E-state index in [4.69, 9.17) is 13.8 Å². The van der Waals surface area contributed by atoms with E-state index in [1.807, 2.05) is 30.3 Å². The highest BCUT2D eigenvalue weighted by Gasteiger charge is 2.33. The minimum absolute atomic E-state index is 0.124. The zero-order valence-corrected chi connectivity index (χ0v) is 11.6. The molecule has 0 saturated heterocycles. The van der Waals surface area contributed by atoms with Gasteiger partial charge in [-0.25, -0.2) is 0 Å². The second kappa shape index (κ2) is 6.69. The van der Waals surface area contributed by atoms with Gasteiger partial charge in [0, 0.05) is 14.2 Å². The first-order chi connectivity index (χ1) is 8.51. The van der Waals surface area contributed by atoms with Crippen LogP contribution in [0.2, 0.25) is 0 Å². The highest BCUT2D eigenvalue weighted by molar-refractivity contribution is 7.54. The van der Waals surface area contributed by atoms with Gasteiger partial charge >= 0.3 is 13.6 Å². The van der Waals surface area contributed by atoms with Gasteiger partial charge in [0.05, 0.1) is 6.42 Å². The fourth-order valence-corrected chi connectivity index (χ4v) is 2.42. The van der Waals surface area contributed by atoms with Gasteiger partial charge in [-0.05, 0) is 12.5 Å². The van der Waals surface area contributed by atoms with Crippen LogP contribution in [0, 0.1) is 0 Å². The highest BCUT2D eigenvalue weighted by Crippen LogP contribution is 2.51. The SMILES string of the molecule is COP(=O)(OC)[C@@H](C)OC(=O)Cc1ccccc1. The summed E-state index contributed by atoms with van der Waals surface area (Å²) in [7, 11) is -0.862. The number of esters is 1. The van der Waals surface area contributed by atoms with Gasteiger partial charge in [0.1, 0.15) is 0 Å². The molecule has 6 heteroatoms. The van der Waals surface area contributed by atoms with Gasteiger partial charge in [-0.2, -0.15) is 0 Å². The lowest BCUT2D eigenvalue weighted by molar-refractivity contribution is -0.144. The number of hydrogen-bond donors (Lipinski definition) is 0. The summed E-state index contributed by atoms with van der Waals surface area (Å²) in [6, 6.07) is 9.17. The largest absolute Gasteiger partial charge is 0.449 e. The van der Waals surface area contributed by atoms with Crippen molar-refractivity contribution in [2.24, 2.45) is 0 Å². The van der Waals surface area contributed by atoms with Gasteiger partial charge in [0.2, 0.25) is 0 Å². The summed E-state index contributed by atoms with van der Waals surface area (Å²) in [6.07, 6.45) is 0.124. The highest BCUT2D eigenvalue weighted by atomic mass is 31.2. The van der Waals surface area contributed by atoms with Gasteiger partial charge < -0.3 is 13.8 Å². The van der Waals surface area contributed by atoms with Crippen molar-refractivity contribution < 1.29 is 23.1 Å². The molecule has 1 aromatic carbocycles. The first-order valence-electron chi connectivity index (χ1n) is 5.46. The van der Waals surface area contributed by atoms with Crippen LogP contribution >= 0.6 is 7.60 Å². The van der Waals surface area contributed by atoms with E-state index in [9.17, 15) is 9.36 Å². The van der Waals surface area contributed by atoms with Crippen molar-refractivity contribution in [2.75, 3.05) is 14.2 Å². The van der Waals surface area contributed by atoms with Crippen LogP contribution in [0.15, 0.2) is 30.3 Å². The fourth-order valence-electron chi connectivity index (χ4n) is 1.43. The Morgan fingerprint density at radius 3 is 2.28 bits per heavy atom. The summed E-state index contributed by atoms with van der Waals surface area (Å²) < 4.78 is 26.5. The standard InChI is InChI=1S/C12H17O5P/c1-10(18(14,15-2)16-3)17-12(13)9-11-7-5-4-6-8-11/h4-8,10H,9H2,1-3H3/t10-/m0/s1. The summed E-state index contributed by atoms with van der Waals surface area (Å²) in [6.45, 7) is 1.48. The first-order valence-corrected chi connectivity index (χ1v) is 7.07. The van der Waals surface area contributed by atoms with E-state index < -0.39 is 19.4 Å². The van der Waals surface area contributed by atoms with Crippen LogP contribution in [0.4, 0.5) is 0 Å². The van der Waals surface area contributed by atoms with Crippen molar-refractivity contribution in [1.82, 2.24) is 0 Å². The monoisotopic (exact) mass is 272 g/mol. The molecule has 1 rings (SSSR count). The molecule has 0 radical (unpaired) electrons. The number of ether oxygens (including phenoxy) is 1. The van der Waals surface area contributed by atoms with E-state index in [-0.39, 0.29) is 6.42 Å². The molecule has 0 spiro atoms. The summed E-state index contributed by atoms with van der Waals surface area (Å²) in [4.78, 5) is 11.6. The van der Waals surface area contributed by atoms with Crippen LogP contribution in [0.1, 0.15) is 12.5 Å². The van der Waals surface area contributed by atoms with Crippen molar-refractivity contribution in [3.8, 4) is 0 Å². The molecule has 18 heavy (non-hydrogen) atoms. The Morgan fingerprint density at radius 2 is 1.78 bits per heavy atom. The number of hydrogen-bond acceptors (Lipinski definition) is 5. The molecule has 0 aliphatic heterocycles. The average Bonchev–Trinajstić information content (AvgIpc) is 2.38. The molecule has 0 heterocycles. The van der Waals surface area contributed by atoms with E-state index in [1.54, 1.807) is 0 Å². The Morgan fingerprint density at radius 1 is 1.22 bits per heavy atom. The van der Waals surface area contributed by atoms with Gasteiger partial charge in [0.15, 0.2) is 5.85 Å². The quantitative estimate of drug-likeness (QED) is 0.588. The molecule has 0 unspecified atom stereocenters. The summed E-state index contributed by atoms with van der Waals surface area (Å²) in [5.74, 6) is -1.40. The summed E-state index contributed by atoms with van der Waals surface area (Å²) in [5, 5.41) is 0. The zero-order valence-electron chi connectivity index (χ0n) is 10.7. The van der Waals surface area contributed by atoms with Crippen LogP contribution in [-0.2, 0) is 29.6 Å². The third kappa shape index (κ3) is 3.95. The normalized spacial score (nSPS) is 13.1. The second-order valence-corrected chi connectivity index (χ2v) is 6.19. The maximum Gasteiger partial charge on any atom is 0.370 e. The Kier molecular flexibility index (Phi) is 5.54. The third-order valence-corrected chi connectivity index (χ3v) is 4.46. The lowest BCUT2D eigenvalue weighted by Crippen LogP contribution is -2.18. The van der Waals surface area contributed by atoms with Crippen molar-refractivity contribution in [1.29, 1.82) is 0 Å². The van der Waals surface area contributed by atoms with Crippen LogP contribution in [-0.4, -0.2) is 26.0 Å². The van der Waals surface area contributed by atoms with Gasteiger partial charge in [-0.1, -0.05) is 30.3 Å². The molecule has 0 aliphatic carbocycles. The minimum atomic E-state index is -3.37. The molecule has 5 nitrogen and oxygen atoms in total. The zero-order chi connectivity index (χ0) is 13.6. The van der Waals surface area contributed by atoms with Gasteiger partial charge in [0.25, 0.3) is 0 Å². The van der Waals surface area contributed by atoms with Crippen LogP contribution in [0.3, 0.4) is 0 Å². The van der Waals surface area contributed by atoms with Gasteiger partial charge in [-0.3, -0.25) is 9.36 Å². The molecule has 0 fully saturated rings. The molecular formula is C12H17O5P. The molecule has 1 atom stereocenters. The Bertz CT molecular complexity index is 423. The summed E-state index contributed by atoms with van der Waals surface area (Å²) >= 11 is 0. The maximum absolute atomic E-state index is 11.9. The maximum atomic E-state index is 11.9. The second-order valence-electron chi connectivity index (χ2n) is 3.66.